The second kappa shape index (κ2) is 8.23. The van der Waals surface area contributed by atoms with Crippen LogP contribution in [0.4, 0.5) is 27.6 Å². The van der Waals surface area contributed by atoms with Crippen molar-refractivity contribution in [1.29, 1.82) is 0 Å². The number of aromatic nitrogens is 1. The minimum Gasteiger partial charge on any atom is -0.368 e. The Kier molecular flexibility index (Phi) is 5.84. The van der Waals surface area contributed by atoms with Gasteiger partial charge in [0.15, 0.2) is 17.3 Å². The zero-order valence-electron chi connectivity index (χ0n) is 18.3. The van der Waals surface area contributed by atoms with Gasteiger partial charge in [-0.2, -0.15) is 13.2 Å². The number of nitrogens with zero attached hydrogens (tertiary/aromatic N) is 2. The quantitative estimate of drug-likeness (QED) is 0.634. The normalized spacial score (nSPS) is 21.9. The Morgan fingerprint density at radius 1 is 1.27 bits per heavy atom. The highest BCUT2D eigenvalue weighted by Crippen LogP contribution is 2.44. The van der Waals surface area contributed by atoms with E-state index in [0.717, 1.165) is 31.2 Å². The van der Waals surface area contributed by atoms with E-state index in [2.05, 4.69) is 10.3 Å². The van der Waals surface area contributed by atoms with Crippen LogP contribution in [0, 0.1) is 17.6 Å². The van der Waals surface area contributed by atoms with E-state index in [-0.39, 0.29) is 29.4 Å². The highest BCUT2D eigenvalue weighted by molar-refractivity contribution is 6.04. The number of amides is 1. The zero-order valence-corrected chi connectivity index (χ0v) is 18.3. The molecule has 1 saturated carbocycles. The number of carbonyl (C=O) groups is 1. The Balaban J connectivity index is 1.93. The number of nitrogens with one attached hydrogen (secondary N) is 1. The summed E-state index contributed by atoms with van der Waals surface area (Å²) >= 11 is 0. The molecule has 2 atom stereocenters. The van der Waals surface area contributed by atoms with Crippen LogP contribution in [-0.2, 0) is 6.18 Å². The molecule has 3 N–H and O–H groups in total. The molecule has 5 nitrogen and oxygen atoms in total. The van der Waals surface area contributed by atoms with Gasteiger partial charge in [0.1, 0.15) is 0 Å². The predicted octanol–water partition coefficient (Wildman–Crippen LogP) is 4.50. The second-order valence-corrected chi connectivity index (χ2v) is 9.30. The first kappa shape index (κ1) is 23.4. The number of hydrogen-bond donors (Lipinski definition) is 2. The lowest BCUT2D eigenvalue weighted by Crippen LogP contribution is -2.40. The molecule has 2 aromatic rings. The molecule has 1 aromatic heterocycles. The van der Waals surface area contributed by atoms with Crippen molar-refractivity contribution in [3.63, 3.8) is 0 Å². The summed E-state index contributed by atoms with van der Waals surface area (Å²) in [5, 5.41) is 2.85. The Hall–Kier alpha value is -2.75. The number of alkyl halides is 3. The lowest BCUT2D eigenvalue weighted by molar-refractivity contribution is -0.140. The smallest absolute Gasteiger partial charge is 0.368 e. The van der Waals surface area contributed by atoms with E-state index in [1.54, 1.807) is 11.8 Å². The number of rotatable bonds is 5. The van der Waals surface area contributed by atoms with Crippen LogP contribution in [0.1, 0.15) is 49.2 Å². The van der Waals surface area contributed by atoms with Crippen LogP contribution in [0.15, 0.2) is 24.4 Å². The summed E-state index contributed by atoms with van der Waals surface area (Å²) in [4.78, 5) is 18.3. The van der Waals surface area contributed by atoms with Crippen LogP contribution in [-0.4, -0.2) is 35.6 Å². The lowest BCUT2D eigenvalue weighted by Gasteiger charge is -2.28. The maximum Gasteiger partial charge on any atom is 0.434 e. The number of nitrogens with two attached hydrogens (primary N) is 1. The SMILES string of the molecule is C[C@H](NC(=O)c1cnc(C(F)(F)F)c(-c2ccc(F)c(F)c2)c1N1CC[C@](C)(N)C1)C1CC1. The van der Waals surface area contributed by atoms with Crippen molar-refractivity contribution in [3.05, 3.63) is 47.3 Å². The molecule has 10 heteroatoms. The van der Waals surface area contributed by atoms with Gasteiger partial charge in [0, 0.05) is 36.4 Å². The highest BCUT2D eigenvalue weighted by atomic mass is 19.4. The van der Waals surface area contributed by atoms with Crippen molar-refractivity contribution in [3.8, 4) is 11.1 Å². The van der Waals surface area contributed by atoms with Crippen molar-refractivity contribution in [2.24, 2.45) is 11.7 Å². The first-order valence-corrected chi connectivity index (χ1v) is 10.8. The average molecular weight is 468 g/mol. The van der Waals surface area contributed by atoms with Gasteiger partial charge in [-0.25, -0.2) is 8.78 Å². The molecule has 1 saturated heterocycles. The van der Waals surface area contributed by atoms with Crippen molar-refractivity contribution in [2.75, 3.05) is 18.0 Å². The Labute approximate surface area is 188 Å². The molecule has 33 heavy (non-hydrogen) atoms. The topological polar surface area (TPSA) is 71.2 Å². The third-order valence-corrected chi connectivity index (χ3v) is 6.28. The van der Waals surface area contributed by atoms with Gasteiger partial charge in [0.2, 0.25) is 0 Å². The Morgan fingerprint density at radius 2 is 1.97 bits per heavy atom. The number of pyridine rings is 1. The van der Waals surface area contributed by atoms with E-state index >= 15 is 0 Å². The molecule has 178 valence electrons. The summed E-state index contributed by atoms with van der Waals surface area (Å²) in [7, 11) is 0. The summed E-state index contributed by atoms with van der Waals surface area (Å²) in [5.41, 5.74) is 3.48. The van der Waals surface area contributed by atoms with Crippen LogP contribution >= 0.6 is 0 Å². The van der Waals surface area contributed by atoms with Gasteiger partial charge in [-0.05, 0) is 56.7 Å². The molecule has 2 heterocycles. The number of anilines is 1. The monoisotopic (exact) mass is 468 g/mol. The molecule has 1 aliphatic carbocycles. The summed E-state index contributed by atoms with van der Waals surface area (Å²) < 4.78 is 69.7. The molecule has 0 unspecified atom stereocenters. The van der Waals surface area contributed by atoms with E-state index in [1.807, 2.05) is 6.92 Å². The second-order valence-electron chi connectivity index (χ2n) is 9.30. The minimum absolute atomic E-state index is 0.0296. The molecule has 0 bridgehead atoms. The molecule has 1 aromatic carbocycles. The first-order chi connectivity index (χ1) is 15.4. The van der Waals surface area contributed by atoms with Crippen LogP contribution < -0.4 is 16.0 Å². The Morgan fingerprint density at radius 3 is 2.52 bits per heavy atom. The summed E-state index contributed by atoms with van der Waals surface area (Å²) in [6, 6.07) is 2.35. The van der Waals surface area contributed by atoms with Gasteiger partial charge >= 0.3 is 6.18 Å². The summed E-state index contributed by atoms with van der Waals surface area (Å²) in [5.74, 6) is -2.73. The maximum absolute atomic E-state index is 14.1. The number of halogens is 5. The van der Waals surface area contributed by atoms with Gasteiger partial charge in [0.05, 0.1) is 11.3 Å². The standard InChI is InChI=1S/C23H25F5N4O/c1-12(13-3-4-13)31-21(33)15-10-30-20(23(26,27)28)18(14-5-6-16(24)17(25)9-14)19(15)32-8-7-22(2,29)11-32/h5-6,9-10,12-13H,3-4,7-8,11,29H2,1-2H3,(H,31,33)/t12-,22-/m0/s1. The fourth-order valence-corrected chi connectivity index (χ4v) is 4.31. The third-order valence-electron chi connectivity index (χ3n) is 6.28. The summed E-state index contributed by atoms with van der Waals surface area (Å²) in [6.45, 7) is 4.09. The van der Waals surface area contributed by atoms with Crippen molar-refractivity contribution >= 4 is 11.6 Å². The van der Waals surface area contributed by atoms with Gasteiger partial charge in [-0.15, -0.1) is 0 Å². The molecule has 1 aliphatic heterocycles. The van der Waals surface area contributed by atoms with Crippen molar-refractivity contribution < 1.29 is 26.7 Å². The van der Waals surface area contributed by atoms with Gasteiger partial charge in [-0.1, -0.05) is 6.07 Å². The molecule has 0 spiro atoms. The highest BCUT2D eigenvalue weighted by Gasteiger charge is 2.41. The zero-order chi connectivity index (χ0) is 24.1. The fourth-order valence-electron chi connectivity index (χ4n) is 4.31. The molecular weight excluding hydrogens is 443 g/mol. The van der Waals surface area contributed by atoms with E-state index in [4.69, 9.17) is 5.73 Å². The van der Waals surface area contributed by atoms with E-state index in [0.29, 0.717) is 24.9 Å². The van der Waals surface area contributed by atoms with Crippen molar-refractivity contribution in [1.82, 2.24) is 10.3 Å². The molecular formula is C23H25F5N4O. The fraction of sp³-hybridized carbons (Fsp3) is 0.478. The number of hydrogen-bond acceptors (Lipinski definition) is 4. The van der Waals surface area contributed by atoms with Gasteiger partial charge in [-0.3, -0.25) is 9.78 Å². The van der Waals surface area contributed by atoms with Crippen LogP contribution in [0.25, 0.3) is 11.1 Å². The maximum atomic E-state index is 14.1. The minimum atomic E-state index is -4.89. The van der Waals surface area contributed by atoms with E-state index in [9.17, 15) is 26.7 Å². The molecule has 2 aliphatic rings. The lowest BCUT2D eigenvalue weighted by atomic mass is 9.96. The predicted molar refractivity (Wildman–Crippen MR) is 114 cm³/mol. The van der Waals surface area contributed by atoms with Crippen LogP contribution in [0.5, 0.6) is 0 Å². The molecule has 2 fully saturated rings. The number of carbonyl (C=O) groups excluding carboxylic acids is 1. The Bertz CT molecular complexity index is 1080. The summed E-state index contributed by atoms with van der Waals surface area (Å²) in [6.07, 6.45) is -1.57. The first-order valence-electron chi connectivity index (χ1n) is 10.8. The van der Waals surface area contributed by atoms with E-state index in [1.165, 1.54) is 0 Å². The molecule has 1 amide bonds. The largest absolute Gasteiger partial charge is 0.434 e. The van der Waals surface area contributed by atoms with Crippen LogP contribution in [0.2, 0.25) is 0 Å². The molecule has 0 radical (unpaired) electrons. The molecule has 4 rings (SSSR count). The van der Waals surface area contributed by atoms with Gasteiger partial charge in [0.25, 0.3) is 5.91 Å². The van der Waals surface area contributed by atoms with Crippen molar-refractivity contribution in [2.45, 2.75) is 50.9 Å². The van der Waals surface area contributed by atoms with Crippen LogP contribution in [0.3, 0.4) is 0 Å². The van der Waals surface area contributed by atoms with E-state index < -0.39 is 40.5 Å². The average Bonchev–Trinajstić information content (AvgIpc) is 3.51. The number of benzene rings is 1. The van der Waals surface area contributed by atoms with Gasteiger partial charge < -0.3 is 16.0 Å². The third kappa shape index (κ3) is 4.80.